The van der Waals surface area contributed by atoms with Crippen LogP contribution in [0.1, 0.15) is 45.4 Å². The summed E-state index contributed by atoms with van der Waals surface area (Å²) >= 11 is 0. The third-order valence-corrected chi connectivity index (χ3v) is 2.35. The van der Waals surface area contributed by atoms with Gasteiger partial charge in [-0.3, -0.25) is 0 Å². The lowest BCUT2D eigenvalue weighted by Gasteiger charge is -2.18. The summed E-state index contributed by atoms with van der Waals surface area (Å²) in [6, 6.07) is 0. The lowest BCUT2D eigenvalue weighted by Crippen LogP contribution is -2.25. The van der Waals surface area contributed by atoms with E-state index >= 15 is 0 Å². The smallest absolute Gasteiger partial charge is 0.0881 e. The van der Waals surface area contributed by atoms with Crippen molar-refractivity contribution >= 4 is 0 Å². The molecule has 0 aliphatic carbocycles. The van der Waals surface area contributed by atoms with Crippen molar-refractivity contribution in [1.29, 1.82) is 0 Å². The molecule has 0 aliphatic rings. The number of hydrogen-bond acceptors (Lipinski definition) is 2. The van der Waals surface area contributed by atoms with E-state index in [9.17, 15) is 0 Å². The van der Waals surface area contributed by atoms with Crippen LogP contribution in [0.3, 0.4) is 0 Å². The number of nitrogens with zero attached hydrogens (tertiary/aromatic N) is 4. The van der Waals surface area contributed by atoms with E-state index in [0.29, 0.717) is 0 Å². The van der Waals surface area contributed by atoms with Gasteiger partial charge in [0.15, 0.2) is 0 Å². The minimum absolute atomic E-state index is 0.0293. The number of unbranched alkanes of at least 4 members (excludes halogenated alkanes) is 4. The van der Waals surface area contributed by atoms with Crippen molar-refractivity contribution in [3.63, 3.8) is 0 Å². The van der Waals surface area contributed by atoms with Crippen LogP contribution in [-0.4, -0.2) is 25.2 Å². The van der Waals surface area contributed by atoms with Crippen LogP contribution in [0, 0.1) is 0 Å². The molecule has 0 radical (unpaired) electrons. The van der Waals surface area contributed by atoms with Crippen molar-refractivity contribution in [2.75, 3.05) is 14.1 Å². The normalized spacial score (nSPS) is 12.6. The fourth-order valence-corrected chi connectivity index (χ4v) is 1.41. The van der Waals surface area contributed by atoms with Gasteiger partial charge in [0.2, 0.25) is 0 Å². The molecule has 0 heterocycles. The number of azide groups is 1. The summed E-state index contributed by atoms with van der Waals surface area (Å²) in [7, 11) is 3.90. The third kappa shape index (κ3) is 6.75. The third-order valence-electron chi connectivity index (χ3n) is 2.35. The molecule has 4 nitrogen and oxygen atoms in total. The molecule has 0 N–H and O–H groups in total. The van der Waals surface area contributed by atoms with E-state index < -0.39 is 0 Å². The molecular formula is C10H22N4. The van der Waals surface area contributed by atoms with Crippen molar-refractivity contribution in [1.82, 2.24) is 4.90 Å². The van der Waals surface area contributed by atoms with Crippen molar-refractivity contribution in [2.24, 2.45) is 5.11 Å². The summed E-state index contributed by atoms with van der Waals surface area (Å²) in [6.07, 6.45) is 7.29. The first-order valence-electron chi connectivity index (χ1n) is 5.43. The van der Waals surface area contributed by atoms with Gasteiger partial charge in [0.25, 0.3) is 0 Å². The van der Waals surface area contributed by atoms with E-state index in [2.05, 4.69) is 16.9 Å². The van der Waals surface area contributed by atoms with E-state index in [4.69, 9.17) is 5.53 Å². The first-order chi connectivity index (χ1) is 6.72. The largest absolute Gasteiger partial charge is 0.301 e. The first-order valence-corrected chi connectivity index (χ1v) is 5.43. The Morgan fingerprint density at radius 2 is 1.86 bits per heavy atom. The molecule has 0 rings (SSSR count). The molecule has 82 valence electrons. The Bertz CT molecular complexity index is 173. The quantitative estimate of drug-likeness (QED) is 0.255. The molecule has 0 saturated carbocycles. The summed E-state index contributed by atoms with van der Waals surface area (Å²) < 4.78 is 0. The molecule has 0 aromatic rings. The zero-order valence-electron chi connectivity index (χ0n) is 9.61. The first kappa shape index (κ1) is 13.3. The molecule has 0 saturated heterocycles. The Morgan fingerprint density at radius 1 is 1.21 bits per heavy atom. The highest BCUT2D eigenvalue weighted by Crippen LogP contribution is 2.10. The minimum atomic E-state index is 0.0293. The van der Waals surface area contributed by atoms with E-state index in [1.165, 1.54) is 25.7 Å². The zero-order valence-corrected chi connectivity index (χ0v) is 9.61. The van der Waals surface area contributed by atoms with Gasteiger partial charge in [0.1, 0.15) is 0 Å². The standard InChI is InChI=1S/C10H22N4/c1-4-5-6-7-8-9-10(12-13-11)14(2)3/h10H,4-9H2,1-3H3. The number of rotatable bonds is 8. The molecule has 0 fully saturated rings. The van der Waals surface area contributed by atoms with Crippen molar-refractivity contribution < 1.29 is 0 Å². The molecule has 1 atom stereocenters. The maximum absolute atomic E-state index is 8.36. The van der Waals surface area contributed by atoms with Gasteiger partial charge < -0.3 is 4.90 Å². The number of hydrogen-bond donors (Lipinski definition) is 0. The van der Waals surface area contributed by atoms with Crippen LogP contribution in [0.4, 0.5) is 0 Å². The molecule has 1 unspecified atom stereocenters. The van der Waals surface area contributed by atoms with Crippen molar-refractivity contribution in [3.8, 4) is 0 Å². The topological polar surface area (TPSA) is 52.0 Å². The highest BCUT2D eigenvalue weighted by Gasteiger charge is 2.07. The summed E-state index contributed by atoms with van der Waals surface area (Å²) in [5, 5.41) is 3.75. The van der Waals surface area contributed by atoms with Gasteiger partial charge >= 0.3 is 0 Å². The molecule has 0 aromatic heterocycles. The van der Waals surface area contributed by atoms with Gasteiger partial charge in [-0.15, -0.1) is 0 Å². The summed E-state index contributed by atoms with van der Waals surface area (Å²) in [4.78, 5) is 4.83. The molecule has 0 aromatic carbocycles. The molecule has 14 heavy (non-hydrogen) atoms. The second-order valence-electron chi connectivity index (χ2n) is 3.85. The van der Waals surface area contributed by atoms with Gasteiger partial charge in [-0.05, 0) is 26.0 Å². The average Bonchev–Trinajstić information content (AvgIpc) is 2.15. The maximum atomic E-state index is 8.36. The van der Waals surface area contributed by atoms with Crippen LogP contribution >= 0.6 is 0 Å². The maximum Gasteiger partial charge on any atom is 0.0881 e. The van der Waals surface area contributed by atoms with Crippen LogP contribution in [0.25, 0.3) is 10.4 Å². The molecule has 0 aliphatic heterocycles. The van der Waals surface area contributed by atoms with Crippen LogP contribution in [0.15, 0.2) is 5.11 Å². The lowest BCUT2D eigenvalue weighted by molar-refractivity contribution is 0.278. The predicted octanol–water partition coefficient (Wildman–Crippen LogP) is 3.54. The highest BCUT2D eigenvalue weighted by molar-refractivity contribution is 4.63. The molecule has 0 amide bonds. The fraction of sp³-hybridized carbons (Fsp3) is 1.00. The summed E-state index contributed by atoms with van der Waals surface area (Å²) in [6.45, 7) is 2.21. The Labute approximate surface area is 86.9 Å². The average molecular weight is 198 g/mol. The molecule has 0 spiro atoms. The second kappa shape index (κ2) is 8.85. The molecule has 4 heteroatoms. The van der Waals surface area contributed by atoms with Crippen molar-refractivity contribution in [2.45, 2.75) is 51.6 Å². The van der Waals surface area contributed by atoms with E-state index in [1.54, 1.807) is 0 Å². The fourth-order valence-electron chi connectivity index (χ4n) is 1.41. The van der Waals surface area contributed by atoms with Gasteiger partial charge in [-0.25, -0.2) is 0 Å². The second-order valence-corrected chi connectivity index (χ2v) is 3.85. The molecule has 0 bridgehead atoms. The molecular weight excluding hydrogens is 176 g/mol. The summed E-state index contributed by atoms with van der Waals surface area (Å²) in [5.74, 6) is 0. The van der Waals surface area contributed by atoms with Crippen LogP contribution in [-0.2, 0) is 0 Å². The highest BCUT2D eigenvalue weighted by atomic mass is 15.3. The van der Waals surface area contributed by atoms with Crippen LogP contribution < -0.4 is 0 Å². The van der Waals surface area contributed by atoms with Crippen molar-refractivity contribution in [3.05, 3.63) is 10.4 Å². The Kier molecular flexibility index (Phi) is 8.39. The zero-order chi connectivity index (χ0) is 10.8. The Hall–Kier alpha value is -0.730. The van der Waals surface area contributed by atoms with Crippen LogP contribution in [0.5, 0.6) is 0 Å². The van der Waals surface area contributed by atoms with Gasteiger partial charge in [-0.2, -0.15) is 0 Å². The van der Waals surface area contributed by atoms with E-state index in [0.717, 1.165) is 12.8 Å². The Morgan fingerprint density at radius 3 is 2.36 bits per heavy atom. The van der Waals surface area contributed by atoms with E-state index in [-0.39, 0.29) is 6.17 Å². The monoisotopic (exact) mass is 198 g/mol. The van der Waals surface area contributed by atoms with Crippen LogP contribution in [0.2, 0.25) is 0 Å². The Balaban J connectivity index is 3.56. The predicted molar refractivity (Wildman–Crippen MR) is 60.0 cm³/mol. The SMILES string of the molecule is CCCCCCCC(N=[N+]=[N-])N(C)C. The lowest BCUT2D eigenvalue weighted by atomic mass is 10.1. The summed E-state index contributed by atoms with van der Waals surface area (Å²) in [5.41, 5.74) is 8.36. The minimum Gasteiger partial charge on any atom is -0.301 e. The van der Waals surface area contributed by atoms with Gasteiger partial charge in [0.05, 0.1) is 6.17 Å². The van der Waals surface area contributed by atoms with Gasteiger partial charge in [0, 0.05) is 4.91 Å². The van der Waals surface area contributed by atoms with Gasteiger partial charge in [-0.1, -0.05) is 44.1 Å². The van der Waals surface area contributed by atoms with E-state index in [1.807, 2.05) is 19.0 Å².